The molecule has 3 aromatic rings. The maximum Gasteiger partial charge on any atom is 0.191 e. The van der Waals surface area contributed by atoms with Crippen molar-refractivity contribution in [1.29, 1.82) is 0 Å². The van der Waals surface area contributed by atoms with Crippen molar-refractivity contribution in [2.75, 3.05) is 13.1 Å². The molecule has 2 N–H and O–H groups in total. The van der Waals surface area contributed by atoms with E-state index in [4.69, 9.17) is 23.2 Å². The van der Waals surface area contributed by atoms with E-state index < -0.39 is 0 Å². The Hall–Kier alpha value is -1.45. The van der Waals surface area contributed by atoms with E-state index in [2.05, 4.69) is 26.8 Å². The molecule has 9 heteroatoms. The van der Waals surface area contributed by atoms with Crippen molar-refractivity contribution < 1.29 is 0 Å². The van der Waals surface area contributed by atoms with Gasteiger partial charge in [0.25, 0.3) is 0 Å². The van der Waals surface area contributed by atoms with Gasteiger partial charge in [-0.3, -0.25) is 0 Å². The van der Waals surface area contributed by atoms with E-state index >= 15 is 0 Å². The molecule has 146 valence electrons. The first kappa shape index (κ1) is 21.8. The number of imidazole rings is 1. The number of nitrogens with one attached hydrogen (secondary N) is 2. The average molecular weight is 521 g/mol. The summed E-state index contributed by atoms with van der Waals surface area (Å²) in [6.45, 7) is 4.06. The number of nitrogens with zero attached hydrogens (tertiary/aromatic N) is 4. The van der Waals surface area contributed by atoms with Crippen molar-refractivity contribution in [2.45, 2.75) is 19.9 Å². The molecule has 6 nitrogen and oxygen atoms in total. The fraction of sp³-hybridized carbons (Fsp3) is 0.333. The molecule has 0 aromatic carbocycles. The monoisotopic (exact) mass is 520 g/mol. The molecule has 3 aromatic heterocycles. The minimum absolute atomic E-state index is 0. The first-order chi connectivity index (χ1) is 12.6. The molecule has 0 atom stereocenters. The Kier molecular flexibility index (Phi) is 8.25. The number of hydrogen-bond donors (Lipinski definition) is 2. The quantitative estimate of drug-likeness (QED) is 0.294. The third kappa shape index (κ3) is 5.52. The van der Waals surface area contributed by atoms with Crippen LogP contribution in [0.3, 0.4) is 0 Å². The second-order valence-electron chi connectivity index (χ2n) is 5.90. The Labute approximate surface area is 186 Å². The van der Waals surface area contributed by atoms with Crippen LogP contribution < -0.4 is 10.6 Å². The third-order valence-corrected chi connectivity index (χ3v) is 4.89. The van der Waals surface area contributed by atoms with Crippen LogP contribution in [0.15, 0.2) is 41.7 Å². The highest BCUT2D eigenvalue weighted by Gasteiger charge is 2.09. The van der Waals surface area contributed by atoms with E-state index in [0.717, 1.165) is 42.5 Å². The van der Waals surface area contributed by atoms with Crippen LogP contribution in [-0.4, -0.2) is 33.0 Å². The SMILES string of the molecule is CCNC(=NCc1cc(Cl)c(Cl)n1C)NCCc1cn2ccccc2n1.I. The zero-order valence-electron chi connectivity index (χ0n) is 15.2. The minimum atomic E-state index is 0. The number of aromatic nitrogens is 3. The summed E-state index contributed by atoms with van der Waals surface area (Å²) in [5.74, 6) is 0.754. The Morgan fingerprint density at radius 1 is 1.26 bits per heavy atom. The van der Waals surface area contributed by atoms with Gasteiger partial charge in [-0.1, -0.05) is 29.3 Å². The fourth-order valence-corrected chi connectivity index (χ4v) is 3.07. The largest absolute Gasteiger partial charge is 0.357 e. The molecule has 27 heavy (non-hydrogen) atoms. The average Bonchev–Trinajstić information content (AvgIpc) is 3.15. The van der Waals surface area contributed by atoms with Crippen LogP contribution >= 0.6 is 47.2 Å². The Balaban J connectivity index is 0.00000261. The van der Waals surface area contributed by atoms with Crippen LogP contribution in [0.4, 0.5) is 0 Å². The summed E-state index contributed by atoms with van der Waals surface area (Å²) in [4.78, 5) is 9.21. The van der Waals surface area contributed by atoms with Crippen LogP contribution in [0.2, 0.25) is 10.2 Å². The van der Waals surface area contributed by atoms with Gasteiger partial charge in [-0.15, -0.1) is 24.0 Å². The van der Waals surface area contributed by atoms with Crippen LogP contribution in [0, 0.1) is 0 Å². The topological polar surface area (TPSA) is 58.7 Å². The van der Waals surface area contributed by atoms with Crippen LogP contribution in [-0.2, 0) is 20.0 Å². The second kappa shape index (κ2) is 10.2. The first-order valence-electron chi connectivity index (χ1n) is 8.53. The van der Waals surface area contributed by atoms with Gasteiger partial charge in [-0.2, -0.15) is 0 Å². The second-order valence-corrected chi connectivity index (χ2v) is 6.67. The Bertz CT molecular complexity index is 885. The van der Waals surface area contributed by atoms with Gasteiger partial charge in [0.1, 0.15) is 10.8 Å². The lowest BCUT2D eigenvalue weighted by molar-refractivity contribution is 0.775. The van der Waals surface area contributed by atoms with Gasteiger partial charge in [-0.25, -0.2) is 9.98 Å². The minimum Gasteiger partial charge on any atom is -0.357 e. The van der Waals surface area contributed by atoms with E-state index in [0.29, 0.717) is 16.7 Å². The van der Waals surface area contributed by atoms with Crippen LogP contribution in [0.1, 0.15) is 18.3 Å². The van der Waals surface area contributed by atoms with E-state index in [-0.39, 0.29) is 24.0 Å². The van der Waals surface area contributed by atoms with Crippen molar-refractivity contribution in [1.82, 2.24) is 24.6 Å². The normalized spacial score (nSPS) is 11.5. The number of guanidine groups is 1. The van der Waals surface area contributed by atoms with Crippen molar-refractivity contribution in [3.8, 4) is 0 Å². The molecule has 0 spiro atoms. The van der Waals surface area contributed by atoms with Crippen molar-refractivity contribution in [2.24, 2.45) is 12.0 Å². The maximum absolute atomic E-state index is 6.10. The van der Waals surface area contributed by atoms with E-state index in [1.54, 1.807) is 0 Å². The molecule has 0 bridgehead atoms. The first-order valence-corrected chi connectivity index (χ1v) is 9.28. The molecular weight excluding hydrogens is 498 g/mol. The molecule has 0 unspecified atom stereocenters. The van der Waals surface area contributed by atoms with Crippen LogP contribution in [0.5, 0.6) is 0 Å². The Morgan fingerprint density at radius 2 is 2.07 bits per heavy atom. The highest BCUT2D eigenvalue weighted by atomic mass is 127. The van der Waals surface area contributed by atoms with E-state index in [1.165, 1.54) is 0 Å². The molecule has 0 aliphatic carbocycles. The predicted molar refractivity (Wildman–Crippen MR) is 123 cm³/mol. The lowest BCUT2D eigenvalue weighted by Crippen LogP contribution is -2.38. The molecule has 3 heterocycles. The van der Waals surface area contributed by atoms with E-state index in [9.17, 15) is 0 Å². The maximum atomic E-state index is 6.10. The molecule has 0 aliphatic rings. The van der Waals surface area contributed by atoms with Gasteiger partial charge in [0, 0.05) is 44.6 Å². The van der Waals surface area contributed by atoms with Gasteiger partial charge in [0.05, 0.1) is 17.3 Å². The molecule has 0 saturated carbocycles. The predicted octanol–water partition coefficient (Wildman–Crippen LogP) is 3.90. The fourth-order valence-electron chi connectivity index (χ4n) is 2.66. The van der Waals surface area contributed by atoms with Gasteiger partial charge in [-0.05, 0) is 25.1 Å². The smallest absolute Gasteiger partial charge is 0.191 e. The molecule has 0 saturated heterocycles. The summed E-state index contributed by atoms with van der Waals surface area (Å²) in [6.07, 6.45) is 4.86. The summed E-state index contributed by atoms with van der Waals surface area (Å²) in [6, 6.07) is 7.82. The summed E-state index contributed by atoms with van der Waals surface area (Å²) in [5.41, 5.74) is 2.96. The number of hydrogen-bond acceptors (Lipinski definition) is 2. The number of aliphatic imine (C=N–C) groups is 1. The summed E-state index contributed by atoms with van der Waals surface area (Å²) >= 11 is 12.2. The lowest BCUT2D eigenvalue weighted by Gasteiger charge is -2.11. The molecule has 0 radical (unpaired) electrons. The Morgan fingerprint density at radius 3 is 2.74 bits per heavy atom. The summed E-state index contributed by atoms with van der Waals surface area (Å²) in [7, 11) is 1.88. The molecular formula is C18H23Cl2IN6. The summed E-state index contributed by atoms with van der Waals surface area (Å²) in [5, 5.41) is 7.66. The standard InChI is InChI=1S/C18H22Cl2N6.HI/c1-3-21-18(23-11-14-10-15(19)17(20)25(14)2)22-8-7-13-12-26-9-5-4-6-16(26)24-13;/h4-6,9-10,12H,3,7-8,11H2,1-2H3,(H2,21,22,23);1H. The van der Waals surface area contributed by atoms with Gasteiger partial charge in [0.2, 0.25) is 0 Å². The van der Waals surface area contributed by atoms with Gasteiger partial charge in [0.15, 0.2) is 5.96 Å². The number of pyridine rings is 1. The molecule has 0 aliphatic heterocycles. The third-order valence-electron chi connectivity index (χ3n) is 4.05. The van der Waals surface area contributed by atoms with E-state index in [1.807, 2.05) is 53.4 Å². The molecule has 0 fully saturated rings. The zero-order chi connectivity index (χ0) is 18.5. The van der Waals surface area contributed by atoms with Crippen molar-refractivity contribution in [3.63, 3.8) is 0 Å². The van der Waals surface area contributed by atoms with Gasteiger partial charge >= 0.3 is 0 Å². The summed E-state index contributed by atoms with van der Waals surface area (Å²) < 4.78 is 3.87. The highest BCUT2D eigenvalue weighted by molar-refractivity contribution is 14.0. The van der Waals surface area contributed by atoms with Crippen molar-refractivity contribution >= 4 is 58.8 Å². The number of fused-ring (bicyclic) bond motifs is 1. The lowest BCUT2D eigenvalue weighted by atomic mass is 10.3. The highest BCUT2D eigenvalue weighted by Crippen LogP contribution is 2.25. The van der Waals surface area contributed by atoms with Crippen molar-refractivity contribution in [3.05, 3.63) is 58.2 Å². The van der Waals surface area contributed by atoms with Crippen LogP contribution in [0.25, 0.3) is 5.65 Å². The molecule has 3 rings (SSSR count). The van der Waals surface area contributed by atoms with Gasteiger partial charge < -0.3 is 19.6 Å². The number of rotatable bonds is 6. The number of halogens is 3. The molecule has 0 amide bonds. The zero-order valence-corrected chi connectivity index (χ0v) is 19.1.